The largest absolute Gasteiger partial charge is 0.341 e. The number of Topliss-reactive ketones (excluding diaryl/α,β-unsaturated/α-hetero) is 1. The smallest absolute Gasteiger partial charge is 0.308 e. The van der Waals surface area contributed by atoms with Gasteiger partial charge in [-0.3, -0.25) is 9.36 Å². The van der Waals surface area contributed by atoms with Gasteiger partial charge in [0, 0.05) is 5.41 Å². The van der Waals surface area contributed by atoms with E-state index < -0.39 is 18.7 Å². The molecule has 0 heterocycles. The highest BCUT2D eigenvalue weighted by molar-refractivity contribution is 7.55. The third-order valence-corrected chi connectivity index (χ3v) is 5.81. The fourth-order valence-corrected chi connectivity index (χ4v) is 4.56. The van der Waals surface area contributed by atoms with Gasteiger partial charge in [0.25, 0.3) is 0 Å². The molecule has 0 aromatic heterocycles. The van der Waals surface area contributed by atoms with Gasteiger partial charge in [-0.1, -0.05) is 41.0 Å². The Morgan fingerprint density at radius 1 is 1.11 bits per heavy atom. The second-order valence-corrected chi connectivity index (χ2v) is 7.97. The average Bonchev–Trinajstić information content (AvgIpc) is 2.28. The van der Waals surface area contributed by atoms with E-state index in [4.69, 9.17) is 9.05 Å². The lowest BCUT2D eigenvalue weighted by Crippen LogP contribution is -2.37. The highest BCUT2D eigenvalue weighted by atomic mass is 31.2. The number of carbonyl (C=O) groups is 1. The minimum Gasteiger partial charge on any atom is -0.308 e. The van der Waals surface area contributed by atoms with Crippen LogP contribution in [0.4, 0.5) is 0 Å². The molecule has 0 aliphatic rings. The minimum absolute atomic E-state index is 0.0318. The average molecular weight is 292 g/mol. The van der Waals surface area contributed by atoms with Crippen molar-refractivity contribution in [3.63, 3.8) is 0 Å². The Labute approximate surface area is 117 Å². The zero-order chi connectivity index (χ0) is 15.3. The summed E-state index contributed by atoms with van der Waals surface area (Å²) in [4.78, 5) is 12.6. The molecule has 5 heteroatoms. The van der Waals surface area contributed by atoms with Crippen molar-refractivity contribution in [1.82, 2.24) is 0 Å². The number of carbonyl (C=O) groups excluding carboxylic acids is 1. The summed E-state index contributed by atoms with van der Waals surface area (Å²) in [6, 6.07) is 0. The SMILES string of the molecule is CCOP(=O)(OCC)C(C(=O)C(C)(C)C)C(C)CC. The first-order chi connectivity index (χ1) is 8.64. The molecule has 2 unspecified atom stereocenters. The highest BCUT2D eigenvalue weighted by Gasteiger charge is 2.47. The number of ketones is 1. The van der Waals surface area contributed by atoms with Gasteiger partial charge < -0.3 is 9.05 Å². The van der Waals surface area contributed by atoms with Gasteiger partial charge in [-0.2, -0.15) is 0 Å². The van der Waals surface area contributed by atoms with E-state index in [1.165, 1.54) is 0 Å². The van der Waals surface area contributed by atoms with Gasteiger partial charge in [-0.25, -0.2) is 0 Å². The molecule has 0 fully saturated rings. The van der Waals surface area contributed by atoms with Gasteiger partial charge in [0.05, 0.1) is 13.2 Å². The predicted octanol–water partition coefficient (Wildman–Crippen LogP) is 4.28. The standard InChI is InChI=1S/C14H29O4P/c1-8-11(4)12(13(15)14(5,6)7)19(16,17-9-2)18-10-3/h11-12H,8-10H2,1-7H3. The number of hydrogen-bond donors (Lipinski definition) is 0. The van der Waals surface area contributed by atoms with Crippen molar-refractivity contribution in [3.05, 3.63) is 0 Å². The van der Waals surface area contributed by atoms with Crippen molar-refractivity contribution in [2.75, 3.05) is 13.2 Å². The van der Waals surface area contributed by atoms with Crippen molar-refractivity contribution >= 4 is 13.4 Å². The van der Waals surface area contributed by atoms with Crippen LogP contribution in [-0.4, -0.2) is 24.7 Å². The Bertz CT molecular complexity index is 323. The lowest BCUT2D eigenvalue weighted by atomic mass is 9.84. The molecule has 0 saturated heterocycles. The first kappa shape index (κ1) is 18.8. The zero-order valence-corrected chi connectivity index (χ0v) is 14.3. The van der Waals surface area contributed by atoms with E-state index in [0.29, 0.717) is 0 Å². The summed E-state index contributed by atoms with van der Waals surface area (Å²) in [5, 5.41) is 0. The molecule has 0 spiro atoms. The molecule has 114 valence electrons. The van der Waals surface area contributed by atoms with Gasteiger partial charge in [-0.15, -0.1) is 0 Å². The predicted molar refractivity (Wildman–Crippen MR) is 78.6 cm³/mol. The van der Waals surface area contributed by atoms with Crippen molar-refractivity contribution in [2.24, 2.45) is 11.3 Å². The Hall–Kier alpha value is -0.180. The molecule has 0 bridgehead atoms. The van der Waals surface area contributed by atoms with Crippen LogP contribution in [0.25, 0.3) is 0 Å². The van der Waals surface area contributed by atoms with E-state index in [1.807, 2.05) is 34.6 Å². The topological polar surface area (TPSA) is 52.6 Å². The second kappa shape index (κ2) is 7.56. The number of rotatable bonds is 8. The summed E-state index contributed by atoms with van der Waals surface area (Å²) in [5.74, 6) is -0.0808. The lowest BCUT2D eigenvalue weighted by molar-refractivity contribution is -0.127. The highest BCUT2D eigenvalue weighted by Crippen LogP contribution is 2.57. The maximum atomic E-state index is 12.9. The van der Waals surface area contributed by atoms with Gasteiger partial charge in [0.15, 0.2) is 5.78 Å². The van der Waals surface area contributed by atoms with Gasteiger partial charge in [0.1, 0.15) is 5.66 Å². The maximum Gasteiger partial charge on any atom is 0.341 e. The van der Waals surface area contributed by atoms with E-state index >= 15 is 0 Å². The monoisotopic (exact) mass is 292 g/mol. The summed E-state index contributed by atoms with van der Waals surface area (Å²) in [6.45, 7) is 13.5. The third-order valence-electron chi connectivity index (χ3n) is 3.15. The van der Waals surface area contributed by atoms with E-state index in [9.17, 15) is 9.36 Å². The molecule has 0 saturated carbocycles. The molecular weight excluding hydrogens is 263 g/mol. The first-order valence-electron chi connectivity index (χ1n) is 7.07. The van der Waals surface area contributed by atoms with Crippen LogP contribution in [0, 0.1) is 11.3 Å². The van der Waals surface area contributed by atoms with Gasteiger partial charge in [-0.05, 0) is 19.8 Å². The molecule has 0 radical (unpaired) electrons. The lowest BCUT2D eigenvalue weighted by Gasteiger charge is -2.33. The van der Waals surface area contributed by atoms with E-state index in [2.05, 4.69) is 0 Å². The van der Waals surface area contributed by atoms with Crippen LogP contribution >= 0.6 is 7.60 Å². The molecule has 4 nitrogen and oxygen atoms in total. The molecule has 0 aromatic rings. The fraction of sp³-hybridized carbons (Fsp3) is 0.929. The Kier molecular flexibility index (Phi) is 7.49. The molecule has 0 amide bonds. The summed E-state index contributed by atoms with van der Waals surface area (Å²) in [5.41, 5.74) is -1.24. The van der Waals surface area contributed by atoms with E-state index in [0.717, 1.165) is 6.42 Å². The van der Waals surface area contributed by atoms with Crippen LogP contribution in [0.2, 0.25) is 0 Å². The van der Waals surface area contributed by atoms with Gasteiger partial charge in [0.2, 0.25) is 0 Å². The quantitative estimate of drug-likeness (QED) is 0.626. The maximum absolute atomic E-state index is 12.9. The normalized spacial score (nSPS) is 16.2. The molecule has 0 aromatic carbocycles. The minimum atomic E-state index is -3.40. The van der Waals surface area contributed by atoms with Gasteiger partial charge >= 0.3 is 7.60 Å². The van der Waals surface area contributed by atoms with Crippen LogP contribution in [0.1, 0.15) is 54.9 Å². The summed E-state index contributed by atoms with van der Waals surface area (Å²) in [6.07, 6.45) is 0.761. The summed E-state index contributed by atoms with van der Waals surface area (Å²) in [7, 11) is -3.40. The van der Waals surface area contributed by atoms with E-state index in [1.54, 1.807) is 13.8 Å². The van der Waals surface area contributed by atoms with Crippen molar-refractivity contribution in [2.45, 2.75) is 60.5 Å². The van der Waals surface area contributed by atoms with E-state index in [-0.39, 0.29) is 24.9 Å². The summed E-state index contributed by atoms with van der Waals surface area (Å²) < 4.78 is 23.7. The third kappa shape index (κ3) is 5.02. The first-order valence-corrected chi connectivity index (χ1v) is 8.68. The number of hydrogen-bond acceptors (Lipinski definition) is 4. The zero-order valence-electron chi connectivity index (χ0n) is 13.4. The Morgan fingerprint density at radius 2 is 1.53 bits per heavy atom. The van der Waals surface area contributed by atoms with Crippen LogP contribution in [-0.2, 0) is 18.4 Å². The molecule has 0 aliphatic heterocycles. The summed E-state index contributed by atoms with van der Waals surface area (Å²) >= 11 is 0. The molecular formula is C14H29O4P. The van der Waals surface area contributed by atoms with Crippen molar-refractivity contribution in [3.8, 4) is 0 Å². The van der Waals surface area contributed by atoms with Crippen LogP contribution in [0.3, 0.4) is 0 Å². The molecule has 0 aliphatic carbocycles. The molecule has 19 heavy (non-hydrogen) atoms. The molecule has 0 rings (SSSR count). The molecule has 0 N–H and O–H groups in total. The second-order valence-electron chi connectivity index (χ2n) is 5.82. The Balaban J connectivity index is 5.56. The van der Waals surface area contributed by atoms with Crippen LogP contribution < -0.4 is 0 Å². The van der Waals surface area contributed by atoms with Crippen molar-refractivity contribution in [1.29, 1.82) is 0 Å². The van der Waals surface area contributed by atoms with Crippen molar-refractivity contribution < 1.29 is 18.4 Å². The molecule has 2 atom stereocenters. The van der Waals surface area contributed by atoms with Crippen LogP contribution in [0.5, 0.6) is 0 Å². The Morgan fingerprint density at radius 3 is 1.79 bits per heavy atom. The fourth-order valence-electron chi connectivity index (χ4n) is 1.94. The van der Waals surface area contributed by atoms with Crippen LogP contribution in [0.15, 0.2) is 0 Å².